The first-order chi connectivity index (χ1) is 6.02. The molecule has 0 aromatic rings. The van der Waals surface area contributed by atoms with E-state index in [0.717, 1.165) is 30.0 Å². The molecule has 0 spiro atoms. The molecule has 0 atom stereocenters. The van der Waals surface area contributed by atoms with Crippen LogP contribution in [0.15, 0.2) is 0 Å². The summed E-state index contributed by atoms with van der Waals surface area (Å²) < 4.78 is 31.6. The predicted molar refractivity (Wildman–Crippen MR) is 60.2 cm³/mol. The summed E-state index contributed by atoms with van der Waals surface area (Å²) >= 11 is 0. The Balaban J connectivity index is 0. The number of nitrogens with zero attached hydrogens (tertiary/aromatic N) is 1. The summed E-state index contributed by atoms with van der Waals surface area (Å²) in [6, 6.07) is 0. The Morgan fingerprint density at radius 2 is 1.43 bits per heavy atom. The Morgan fingerprint density at radius 3 is 1.64 bits per heavy atom. The van der Waals surface area contributed by atoms with Crippen molar-refractivity contribution in [2.75, 3.05) is 13.1 Å². The van der Waals surface area contributed by atoms with E-state index in [1.165, 1.54) is 0 Å². The van der Waals surface area contributed by atoms with Crippen molar-refractivity contribution in [2.24, 2.45) is 0 Å². The highest BCUT2D eigenvalue weighted by Crippen LogP contribution is 2.03. The fourth-order valence-electron chi connectivity index (χ4n) is 1.01. The lowest BCUT2D eigenvalue weighted by molar-refractivity contribution is 0.342. The molecule has 0 heterocycles. The zero-order valence-corrected chi connectivity index (χ0v) is 10.4. The summed E-state index contributed by atoms with van der Waals surface area (Å²) in [6.07, 6.45) is 3.45. The van der Waals surface area contributed by atoms with Crippen LogP contribution < -0.4 is 0 Å². The first-order valence-corrected chi connectivity index (χ1v) is 6.14. The van der Waals surface area contributed by atoms with Crippen LogP contribution in [0.3, 0.4) is 0 Å². The third-order valence-electron chi connectivity index (χ3n) is 1.85. The second-order valence-electron chi connectivity index (χ2n) is 3.08. The number of hydrogen-bond donors (Lipinski definition) is 1. The van der Waals surface area contributed by atoms with Crippen LogP contribution in [0.4, 0.5) is 0 Å². The van der Waals surface area contributed by atoms with Gasteiger partial charge in [-0.3, -0.25) is 4.55 Å². The first-order valence-electron chi connectivity index (χ1n) is 4.75. The molecule has 0 unspecified atom stereocenters. The Bertz CT molecular complexity index is 211. The SMILES string of the molecule is CCCCN(CCCC)S(=O)(=O)O.Cl. The number of unbranched alkanes of at least 4 members (excludes halogenated alkanes) is 2. The van der Waals surface area contributed by atoms with Gasteiger partial charge in [-0.15, -0.1) is 12.4 Å². The van der Waals surface area contributed by atoms with Gasteiger partial charge in [-0.1, -0.05) is 26.7 Å². The molecule has 0 radical (unpaired) electrons. The van der Waals surface area contributed by atoms with Gasteiger partial charge in [0.1, 0.15) is 0 Å². The number of halogens is 1. The van der Waals surface area contributed by atoms with Crippen molar-refractivity contribution >= 4 is 22.7 Å². The Kier molecular flexibility index (Phi) is 10.0. The highest BCUT2D eigenvalue weighted by molar-refractivity contribution is 7.83. The Hall–Kier alpha value is 0.160. The summed E-state index contributed by atoms with van der Waals surface area (Å²) in [6.45, 7) is 4.83. The quantitative estimate of drug-likeness (QED) is 0.699. The fraction of sp³-hybridized carbons (Fsp3) is 1.00. The third-order valence-corrected chi connectivity index (χ3v) is 2.87. The minimum Gasteiger partial charge on any atom is -0.273 e. The van der Waals surface area contributed by atoms with Crippen LogP contribution in [-0.4, -0.2) is 30.4 Å². The largest absolute Gasteiger partial charge is 0.335 e. The van der Waals surface area contributed by atoms with E-state index in [4.69, 9.17) is 4.55 Å². The maximum atomic E-state index is 10.8. The van der Waals surface area contributed by atoms with Gasteiger partial charge in [-0.05, 0) is 12.8 Å². The van der Waals surface area contributed by atoms with E-state index in [1.54, 1.807) is 0 Å². The molecule has 0 saturated carbocycles. The monoisotopic (exact) mass is 245 g/mol. The average molecular weight is 246 g/mol. The van der Waals surface area contributed by atoms with E-state index in [9.17, 15) is 8.42 Å². The summed E-state index contributed by atoms with van der Waals surface area (Å²) in [5, 5.41) is 0. The number of hydrogen-bond acceptors (Lipinski definition) is 2. The van der Waals surface area contributed by atoms with Crippen LogP contribution in [-0.2, 0) is 10.3 Å². The molecular weight excluding hydrogens is 226 g/mol. The maximum absolute atomic E-state index is 10.8. The van der Waals surface area contributed by atoms with E-state index in [1.807, 2.05) is 13.8 Å². The van der Waals surface area contributed by atoms with E-state index in [-0.39, 0.29) is 12.4 Å². The summed E-state index contributed by atoms with van der Waals surface area (Å²) in [7, 11) is -3.98. The lowest BCUT2D eigenvalue weighted by Gasteiger charge is -2.17. The smallest absolute Gasteiger partial charge is 0.273 e. The lowest BCUT2D eigenvalue weighted by atomic mass is 10.3. The van der Waals surface area contributed by atoms with Crippen LogP contribution in [0.5, 0.6) is 0 Å². The van der Waals surface area contributed by atoms with Crippen molar-refractivity contribution in [2.45, 2.75) is 39.5 Å². The van der Waals surface area contributed by atoms with Gasteiger partial charge in [0.25, 0.3) is 0 Å². The van der Waals surface area contributed by atoms with Crippen molar-refractivity contribution in [3.63, 3.8) is 0 Å². The summed E-state index contributed by atoms with van der Waals surface area (Å²) in [4.78, 5) is 0. The molecule has 0 amide bonds. The lowest BCUT2D eigenvalue weighted by Crippen LogP contribution is -2.32. The van der Waals surface area contributed by atoms with Crippen LogP contribution in [0.2, 0.25) is 0 Å². The van der Waals surface area contributed by atoms with Crippen molar-refractivity contribution in [3.8, 4) is 0 Å². The molecule has 0 aromatic carbocycles. The molecule has 0 aliphatic rings. The van der Waals surface area contributed by atoms with Crippen molar-refractivity contribution in [3.05, 3.63) is 0 Å². The first kappa shape index (κ1) is 16.6. The molecule has 0 aromatic heterocycles. The summed E-state index contributed by atoms with van der Waals surface area (Å²) in [5.74, 6) is 0. The molecule has 0 bridgehead atoms. The van der Waals surface area contributed by atoms with Crippen LogP contribution in [0.1, 0.15) is 39.5 Å². The highest BCUT2D eigenvalue weighted by Gasteiger charge is 2.16. The van der Waals surface area contributed by atoms with Crippen LogP contribution >= 0.6 is 12.4 Å². The summed E-state index contributed by atoms with van der Waals surface area (Å²) in [5.41, 5.74) is 0. The van der Waals surface area contributed by atoms with Crippen LogP contribution in [0.25, 0.3) is 0 Å². The van der Waals surface area contributed by atoms with Gasteiger partial charge in [0, 0.05) is 13.1 Å². The minimum absolute atomic E-state index is 0. The average Bonchev–Trinajstić information content (AvgIpc) is 2.02. The van der Waals surface area contributed by atoms with Crippen molar-refractivity contribution in [1.82, 2.24) is 4.31 Å². The molecule has 0 aliphatic carbocycles. The topological polar surface area (TPSA) is 57.6 Å². The second-order valence-corrected chi connectivity index (χ2v) is 4.50. The zero-order chi connectivity index (χ0) is 10.3. The van der Waals surface area contributed by atoms with Gasteiger partial charge < -0.3 is 0 Å². The van der Waals surface area contributed by atoms with Crippen molar-refractivity contribution in [1.29, 1.82) is 0 Å². The van der Waals surface area contributed by atoms with Gasteiger partial charge in [0.15, 0.2) is 0 Å². The maximum Gasteiger partial charge on any atom is 0.335 e. The molecule has 0 saturated heterocycles. The fourth-order valence-corrected chi connectivity index (χ4v) is 1.73. The van der Waals surface area contributed by atoms with E-state index >= 15 is 0 Å². The molecule has 4 nitrogen and oxygen atoms in total. The molecular formula is C8H20ClNO3S. The predicted octanol–water partition coefficient (Wildman–Crippen LogP) is 2.11. The minimum atomic E-state index is -3.98. The molecule has 14 heavy (non-hydrogen) atoms. The highest BCUT2D eigenvalue weighted by atomic mass is 35.5. The van der Waals surface area contributed by atoms with Gasteiger partial charge in [-0.2, -0.15) is 12.7 Å². The second kappa shape index (κ2) is 8.47. The number of rotatable bonds is 7. The third kappa shape index (κ3) is 7.55. The Labute approximate surface area is 93.0 Å². The van der Waals surface area contributed by atoms with Gasteiger partial charge in [0.2, 0.25) is 0 Å². The molecule has 88 valence electrons. The van der Waals surface area contributed by atoms with Crippen molar-refractivity contribution < 1.29 is 13.0 Å². The molecule has 0 fully saturated rings. The van der Waals surface area contributed by atoms with Crippen LogP contribution in [0, 0.1) is 0 Å². The standard InChI is InChI=1S/C8H19NO3S.ClH/c1-3-5-7-9(8-6-4-2)13(10,11)12;/h3-8H2,1-2H3,(H,10,11,12);1H. The zero-order valence-electron chi connectivity index (χ0n) is 8.77. The molecule has 1 N–H and O–H groups in total. The molecule has 0 aliphatic heterocycles. The van der Waals surface area contributed by atoms with Gasteiger partial charge in [-0.25, -0.2) is 0 Å². The van der Waals surface area contributed by atoms with E-state index in [2.05, 4.69) is 0 Å². The van der Waals surface area contributed by atoms with E-state index in [0.29, 0.717) is 13.1 Å². The van der Waals surface area contributed by atoms with E-state index < -0.39 is 10.3 Å². The Morgan fingerprint density at radius 1 is 1.07 bits per heavy atom. The normalized spacial score (nSPS) is 11.4. The van der Waals surface area contributed by atoms with Gasteiger partial charge in [0.05, 0.1) is 0 Å². The van der Waals surface area contributed by atoms with Gasteiger partial charge >= 0.3 is 10.3 Å². The molecule has 0 rings (SSSR count). The molecule has 6 heteroatoms.